The van der Waals surface area contributed by atoms with Crippen molar-refractivity contribution in [3.63, 3.8) is 0 Å². The Morgan fingerprint density at radius 2 is 1.61 bits per heavy atom. The molecule has 6 heteroatoms. The van der Waals surface area contributed by atoms with Gasteiger partial charge >= 0.3 is 0 Å². The normalized spacial score (nSPS) is 10.4. The molecule has 0 radical (unpaired) electrons. The standard InChI is InChI=1S/C12H7Br2F2NO/c13-7-3-6(1-2-9(7)15)18-12-4-8(14)10(16)5-11(12)17/h1-5H,17H2. The molecule has 18 heavy (non-hydrogen) atoms. The van der Waals surface area contributed by atoms with Crippen molar-refractivity contribution in [2.24, 2.45) is 0 Å². The molecular weight excluding hydrogens is 372 g/mol. The van der Waals surface area contributed by atoms with Gasteiger partial charge in [0.2, 0.25) is 0 Å². The molecule has 0 saturated carbocycles. The van der Waals surface area contributed by atoms with E-state index in [-0.39, 0.29) is 14.6 Å². The van der Waals surface area contributed by atoms with Crippen LogP contribution >= 0.6 is 31.9 Å². The average molecular weight is 379 g/mol. The minimum atomic E-state index is -0.472. The number of hydrogen-bond acceptors (Lipinski definition) is 2. The highest BCUT2D eigenvalue weighted by atomic mass is 79.9. The first-order chi connectivity index (χ1) is 8.47. The number of nitrogen functional groups attached to an aromatic ring is 1. The maximum atomic E-state index is 13.2. The topological polar surface area (TPSA) is 35.2 Å². The smallest absolute Gasteiger partial charge is 0.151 e. The minimum Gasteiger partial charge on any atom is -0.455 e. The van der Waals surface area contributed by atoms with Gasteiger partial charge in [-0.25, -0.2) is 8.78 Å². The highest BCUT2D eigenvalue weighted by molar-refractivity contribution is 9.10. The van der Waals surface area contributed by atoms with Crippen molar-refractivity contribution in [1.82, 2.24) is 0 Å². The van der Waals surface area contributed by atoms with Crippen LogP contribution in [-0.2, 0) is 0 Å². The monoisotopic (exact) mass is 377 g/mol. The molecule has 94 valence electrons. The Balaban J connectivity index is 2.34. The summed E-state index contributed by atoms with van der Waals surface area (Å²) < 4.78 is 32.2. The number of halogens is 4. The highest BCUT2D eigenvalue weighted by Gasteiger charge is 2.09. The Morgan fingerprint density at radius 1 is 0.944 bits per heavy atom. The third kappa shape index (κ3) is 2.81. The van der Waals surface area contributed by atoms with E-state index in [0.717, 1.165) is 6.07 Å². The fourth-order valence-electron chi connectivity index (χ4n) is 1.30. The molecule has 2 rings (SSSR count). The Bertz CT molecular complexity index is 605. The molecule has 0 aliphatic heterocycles. The van der Waals surface area contributed by atoms with Crippen molar-refractivity contribution in [2.45, 2.75) is 0 Å². The van der Waals surface area contributed by atoms with Gasteiger partial charge in [0.15, 0.2) is 5.75 Å². The third-order valence-electron chi connectivity index (χ3n) is 2.17. The maximum Gasteiger partial charge on any atom is 0.151 e. The zero-order valence-electron chi connectivity index (χ0n) is 8.88. The van der Waals surface area contributed by atoms with Crippen LogP contribution < -0.4 is 10.5 Å². The summed E-state index contributed by atoms with van der Waals surface area (Å²) in [4.78, 5) is 0. The summed E-state index contributed by atoms with van der Waals surface area (Å²) in [6, 6.07) is 6.75. The number of rotatable bonds is 2. The quantitative estimate of drug-likeness (QED) is 0.757. The van der Waals surface area contributed by atoms with Crippen molar-refractivity contribution in [1.29, 1.82) is 0 Å². The number of ether oxygens (including phenoxy) is 1. The van der Waals surface area contributed by atoms with Crippen molar-refractivity contribution >= 4 is 37.5 Å². The molecule has 2 N–H and O–H groups in total. The van der Waals surface area contributed by atoms with Crippen LogP contribution in [0, 0.1) is 11.6 Å². The Morgan fingerprint density at radius 3 is 2.28 bits per heavy atom. The second-order valence-electron chi connectivity index (χ2n) is 3.48. The molecule has 0 fully saturated rings. The lowest BCUT2D eigenvalue weighted by molar-refractivity contribution is 0.479. The fraction of sp³-hybridized carbons (Fsp3) is 0. The summed E-state index contributed by atoms with van der Waals surface area (Å²) >= 11 is 6.09. The van der Waals surface area contributed by atoms with Crippen LogP contribution in [0.3, 0.4) is 0 Å². The van der Waals surface area contributed by atoms with Crippen LogP contribution in [0.15, 0.2) is 39.3 Å². The average Bonchev–Trinajstić information content (AvgIpc) is 2.31. The van der Waals surface area contributed by atoms with Gasteiger partial charge in [-0.1, -0.05) is 0 Å². The van der Waals surface area contributed by atoms with Crippen LogP contribution in [0.25, 0.3) is 0 Å². The molecule has 0 aromatic heterocycles. The molecule has 0 heterocycles. The van der Waals surface area contributed by atoms with Gasteiger partial charge in [0.1, 0.15) is 17.4 Å². The molecule has 0 unspecified atom stereocenters. The summed E-state index contributed by atoms with van der Waals surface area (Å²) in [5.74, 6) is -0.175. The van der Waals surface area contributed by atoms with Gasteiger partial charge in [0.05, 0.1) is 14.6 Å². The van der Waals surface area contributed by atoms with Crippen LogP contribution in [0.1, 0.15) is 0 Å². The Hall–Kier alpha value is -1.14. The van der Waals surface area contributed by atoms with E-state index >= 15 is 0 Å². The summed E-state index contributed by atoms with van der Waals surface area (Å²) in [7, 11) is 0. The number of benzene rings is 2. The van der Waals surface area contributed by atoms with E-state index in [1.807, 2.05) is 0 Å². The minimum absolute atomic E-state index is 0.163. The van der Waals surface area contributed by atoms with Gasteiger partial charge in [-0.15, -0.1) is 0 Å². The molecule has 0 amide bonds. The molecule has 0 aliphatic rings. The lowest BCUT2D eigenvalue weighted by atomic mass is 10.3. The predicted octanol–water partition coefficient (Wildman–Crippen LogP) is 4.86. The number of anilines is 1. The van der Waals surface area contributed by atoms with Gasteiger partial charge in [-0.2, -0.15) is 0 Å². The largest absolute Gasteiger partial charge is 0.455 e. The molecule has 2 aromatic carbocycles. The van der Waals surface area contributed by atoms with E-state index in [9.17, 15) is 8.78 Å². The predicted molar refractivity (Wildman–Crippen MR) is 72.7 cm³/mol. The number of hydrogen-bond donors (Lipinski definition) is 1. The fourth-order valence-corrected chi connectivity index (χ4v) is 1.98. The summed E-state index contributed by atoms with van der Waals surface area (Å²) in [6.07, 6.45) is 0. The lowest BCUT2D eigenvalue weighted by Gasteiger charge is -2.10. The van der Waals surface area contributed by atoms with Crippen molar-refractivity contribution < 1.29 is 13.5 Å². The van der Waals surface area contributed by atoms with Crippen LogP contribution in [0.4, 0.5) is 14.5 Å². The van der Waals surface area contributed by atoms with E-state index in [2.05, 4.69) is 31.9 Å². The summed E-state index contributed by atoms with van der Waals surface area (Å²) in [5.41, 5.74) is 5.80. The molecule has 0 spiro atoms. The molecular formula is C12H7Br2F2NO. The van der Waals surface area contributed by atoms with E-state index in [0.29, 0.717) is 11.5 Å². The first-order valence-corrected chi connectivity index (χ1v) is 6.43. The second-order valence-corrected chi connectivity index (χ2v) is 5.19. The van der Waals surface area contributed by atoms with Crippen molar-refractivity contribution in [3.8, 4) is 11.5 Å². The first-order valence-electron chi connectivity index (χ1n) is 4.85. The van der Waals surface area contributed by atoms with Gasteiger partial charge in [-0.05, 0) is 50.1 Å². The van der Waals surface area contributed by atoms with Gasteiger partial charge in [0, 0.05) is 12.1 Å². The maximum absolute atomic E-state index is 13.2. The zero-order valence-corrected chi connectivity index (χ0v) is 12.1. The molecule has 2 nitrogen and oxygen atoms in total. The van der Waals surface area contributed by atoms with Crippen molar-refractivity contribution in [2.75, 3.05) is 5.73 Å². The van der Waals surface area contributed by atoms with Gasteiger partial charge < -0.3 is 10.5 Å². The first kappa shape index (κ1) is 13.3. The highest BCUT2D eigenvalue weighted by Crippen LogP contribution is 2.33. The molecule has 0 atom stereocenters. The Labute approximate surface area is 119 Å². The van der Waals surface area contributed by atoms with E-state index in [1.165, 1.54) is 24.3 Å². The van der Waals surface area contributed by atoms with E-state index in [1.54, 1.807) is 0 Å². The lowest BCUT2D eigenvalue weighted by Crippen LogP contribution is -1.94. The van der Waals surface area contributed by atoms with Crippen LogP contribution in [0.2, 0.25) is 0 Å². The van der Waals surface area contributed by atoms with E-state index < -0.39 is 11.6 Å². The molecule has 0 aliphatic carbocycles. The molecule has 0 saturated heterocycles. The summed E-state index contributed by atoms with van der Waals surface area (Å²) in [6.45, 7) is 0. The molecule has 0 bridgehead atoms. The second kappa shape index (κ2) is 5.24. The third-order valence-corrected chi connectivity index (χ3v) is 3.39. The Kier molecular flexibility index (Phi) is 3.87. The zero-order chi connectivity index (χ0) is 13.3. The van der Waals surface area contributed by atoms with Crippen molar-refractivity contribution in [3.05, 3.63) is 50.9 Å². The molecule has 2 aromatic rings. The van der Waals surface area contributed by atoms with E-state index in [4.69, 9.17) is 10.5 Å². The van der Waals surface area contributed by atoms with Gasteiger partial charge in [0.25, 0.3) is 0 Å². The van der Waals surface area contributed by atoms with Gasteiger partial charge in [-0.3, -0.25) is 0 Å². The van der Waals surface area contributed by atoms with Crippen LogP contribution in [-0.4, -0.2) is 0 Å². The number of nitrogens with two attached hydrogens (primary N) is 1. The van der Waals surface area contributed by atoms with Crippen LogP contribution in [0.5, 0.6) is 11.5 Å². The summed E-state index contributed by atoms with van der Waals surface area (Å²) in [5, 5.41) is 0. The SMILES string of the molecule is Nc1cc(F)c(Br)cc1Oc1ccc(F)c(Br)c1.